The first-order chi connectivity index (χ1) is 8.03. The maximum absolute atomic E-state index is 10.9. The summed E-state index contributed by atoms with van der Waals surface area (Å²) >= 11 is 3.49. The van der Waals surface area contributed by atoms with Gasteiger partial charge < -0.3 is 15.6 Å². The van der Waals surface area contributed by atoms with Gasteiger partial charge in [0.25, 0.3) is 0 Å². The van der Waals surface area contributed by atoms with Gasteiger partial charge in [0.2, 0.25) is 0 Å². The van der Waals surface area contributed by atoms with Crippen molar-refractivity contribution in [2.24, 2.45) is 11.1 Å². The lowest BCUT2D eigenvalue weighted by Gasteiger charge is -2.41. The molecule has 0 saturated carbocycles. The van der Waals surface area contributed by atoms with Crippen LogP contribution >= 0.6 is 15.9 Å². The third-order valence-electron chi connectivity index (χ3n) is 3.93. The van der Waals surface area contributed by atoms with Crippen molar-refractivity contribution in [1.82, 2.24) is 0 Å². The van der Waals surface area contributed by atoms with E-state index >= 15 is 0 Å². The average Bonchev–Trinajstić information content (AvgIpc) is 2.79. The van der Waals surface area contributed by atoms with Crippen molar-refractivity contribution in [3.63, 3.8) is 0 Å². The van der Waals surface area contributed by atoms with Gasteiger partial charge in [-0.1, -0.05) is 34.1 Å². The second-order valence-electron chi connectivity index (χ2n) is 4.84. The van der Waals surface area contributed by atoms with Crippen LogP contribution in [0.2, 0.25) is 0 Å². The van der Waals surface area contributed by atoms with Gasteiger partial charge in [-0.3, -0.25) is 0 Å². The lowest BCUT2D eigenvalue weighted by molar-refractivity contribution is -0.0752. The summed E-state index contributed by atoms with van der Waals surface area (Å²) in [4.78, 5) is 0. The molecule has 1 heterocycles. The third kappa shape index (κ3) is 2.03. The molecule has 1 saturated heterocycles. The Morgan fingerprint density at radius 1 is 1.53 bits per heavy atom. The van der Waals surface area contributed by atoms with Gasteiger partial charge >= 0.3 is 0 Å². The van der Waals surface area contributed by atoms with Gasteiger partial charge in [0.1, 0.15) is 0 Å². The summed E-state index contributed by atoms with van der Waals surface area (Å²) in [6.45, 7) is 3.42. The average molecular weight is 300 g/mol. The Hall–Kier alpha value is -0.420. The van der Waals surface area contributed by atoms with Crippen molar-refractivity contribution >= 4 is 15.9 Å². The van der Waals surface area contributed by atoms with Crippen LogP contribution in [-0.4, -0.2) is 24.9 Å². The fourth-order valence-electron chi connectivity index (χ4n) is 2.49. The maximum Gasteiger partial charge on any atom is 0.0970 e. The maximum atomic E-state index is 10.9. The van der Waals surface area contributed by atoms with Gasteiger partial charge in [-0.2, -0.15) is 0 Å². The lowest BCUT2D eigenvalue weighted by atomic mass is 9.69. The highest BCUT2D eigenvalue weighted by Gasteiger charge is 2.50. The van der Waals surface area contributed by atoms with Crippen LogP contribution in [0.15, 0.2) is 28.7 Å². The molecule has 0 radical (unpaired) electrons. The molecule has 0 aromatic heterocycles. The van der Waals surface area contributed by atoms with Crippen molar-refractivity contribution < 1.29 is 9.84 Å². The summed E-state index contributed by atoms with van der Waals surface area (Å²) in [5.41, 5.74) is 5.38. The molecule has 3 nitrogen and oxygen atoms in total. The van der Waals surface area contributed by atoms with Gasteiger partial charge in [0.15, 0.2) is 0 Å². The Kier molecular flexibility index (Phi) is 3.59. The van der Waals surface area contributed by atoms with Crippen LogP contribution in [0, 0.1) is 5.41 Å². The first kappa shape index (κ1) is 13.0. The number of hydrogen-bond donors (Lipinski definition) is 2. The van der Waals surface area contributed by atoms with E-state index in [1.165, 1.54) is 0 Å². The van der Waals surface area contributed by atoms with E-state index in [9.17, 15) is 5.11 Å². The van der Waals surface area contributed by atoms with E-state index in [4.69, 9.17) is 10.5 Å². The zero-order valence-electron chi connectivity index (χ0n) is 9.95. The molecule has 2 unspecified atom stereocenters. The molecule has 94 valence electrons. The summed E-state index contributed by atoms with van der Waals surface area (Å²) < 4.78 is 6.35. The molecule has 1 fully saturated rings. The molecule has 4 heteroatoms. The Labute approximate surface area is 110 Å². The van der Waals surface area contributed by atoms with Crippen LogP contribution in [0.3, 0.4) is 0 Å². The largest absolute Gasteiger partial charge is 0.385 e. The smallest absolute Gasteiger partial charge is 0.0970 e. The van der Waals surface area contributed by atoms with Crippen LogP contribution in [0.25, 0.3) is 0 Å². The van der Waals surface area contributed by atoms with Crippen LogP contribution in [0.1, 0.15) is 18.9 Å². The van der Waals surface area contributed by atoms with E-state index in [-0.39, 0.29) is 0 Å². The van der Waals surface area contributed by atoms with Crippen LogP contribution in [0.5, 0.6) is 0 Å². The summed E-state index contributed by atoms with van der Waals surface area (Å²) in [6, 6.07) is 7.72. The summed E-state index contributed by atoms with van der Waals surface area (Å²) in [5.74, 6) is 0. The first-order valence-electron chi connectivity index (χ1n) is 5.79. The zero-order chi connectivity index (χ0) is 12.5. The standard InChI is InChI=1S/C13H18BrNO2/c1-12(16,10-4-2-3-5-11(10)14)13(8-15)6-7-17-9-13/h2-5,16H,6-9,15H2,1H3. The molecule has 0 aliphatic carbocycles. The van der Waals surface area contributed by atoms with Gasteiger partial charge in [0.05, 0.1) is 12.2 Å². The molecule has 1 aliphatic rings. The minimum absolute atomic E-state index is 0.392. The molecule has 1 aromatic carbocycles. The number of hydrogen-bond acceptors (Lipinski definition) is 3. The molecule has 0 bridgehead atoms. The second kappa shape index (κ2) is 4.69. The number of halogens is 1. The van der Waals surface area contributed by atoms with Crippen molar-refractivity contribution in [1.29, 1.82) is 0 Å². The SMILES string of the molecule is CC(O)(c1ccccc1Br)C1(CN)CCOC1. The molecule has 1 aromatic rings. The minimum Gasteiger partial charge on any atom is -0.385 e. The van der Waals surface area contributed by atoms with Crippen molar-refractivity contribution in [3.8, 4) is 0 Å². The number of rotatable bonds is 3. The molecule has 2 atom stereocenters. The predicted molar refractivity (Wildman–Crippen MR) is 70.6 cm³/mol. The third-order valence-corrected chi connectivity index (χ3v) is 4.62. The molecule has 2 rings (SSSR count). The zero-order valence-corrected chi connectivity index (χ0v) is 11.5. The Morgan fingerprint density at radius 3 is 2.76 bits per heavy atom. The van der Waals surface area contributed by atoms with Gasteiger partial charge in [0, 0.05) is 23.0 Å². The summed E-state index contributed by atoms with van der Waals surface area (Å²) in [6.07, 6.45) is 0.790. The van der Waals surface area contributed by atoms with E-state index in [1.54, 1.807) is 0 Å². The predicted octanol–water partition coefficient (Wildman–Crippen LogP) is 2.02. The monoisotopic (exact) mass is 299 g/mol. The number of benzene rings is 1. The first-order valence-corrected chi connectivity index (χ1v) is 6.58. The van der Waals surface area contributed by atoms with Gasteiger partial charge in [-0.15, -0.1) is 0 Å². The van der Waals surface area contributed by atoms with E-state index in [2.05, 4.69) is 15.9 Å². The number of ether oxygens (including phenoxy) is 1. The normalized spacial score (nSPS) is 28.0. The van der Waals surface area contributed by atoms with Crippen molar-refractivity contribution in [2.45, 2.75) is 18.9 Å². The highest BCUT2D eigenvalue weighted by molar-refractivity contribution is 9.10. The molecule has 17 heavy (non-hydrogen) atoms. The van der Waals surface area contributed by atoms with Crippen molar-refractivity contribution in [3.05, 3.63) is 34.3 Å². The van der Waals surface area contributed by atoms with E-state index in [0.717, 1.165) is 16.5 Å². The Morgan fingerprint density at radius 2 is 2.24 bits per heavy atom. The highest BCUT2D eigenvalue weighted by atomic mass is 79.9. The second-order valence-corrected chi connectivity index (χ2v) is 5.69. The minimum atomic E-state index is -0.988. The molecule has 3 N–H and O–H groups in total. The van der Waals surface area contributed by atoms with E-state index in [0.29, 0.717) is 19.8 Å². The van der Waals surface area contributed by atoms with Crippen LogP contribution in [0.4, 0.5) is 0 Å². The fourth-order valence-corrected chi connectivity index (χ4v) is 3.16. The number of nitrogens with two attached hydrogens (primary N) is 1. The van der Waals surface area contributed by atoms with E-state index < -0.39 is 11.0 Å². The Balaban J connectivity index is 2.45. The van der Waals surface area contributed by atoms with Crippen molar-refractivity contribution in [2.75, 3.05) is 19.8 Å². The van der Waals surface area contributed by atoms with E-state index in [1.807, 2.05) is 31.2 Å². The molecule has 0 spiro atoms. The highest BCUT2D eigenvalue weighted by Crippen LogP contribution is 2.46. The topological polar surface area (TPSA) is 55.5 Å². The summed E-state index contributed by atoms with van der Waals surface area (Å²) in [5, 5.41) is 10.9. The molecular weight excluding hydrogens is 282 g/mol. The number of aliphatic hydroxyl groups is 1. The summed E-state index contributed by atoms with van der Waals surface area (Å²) in [7, 11) is 0. The lowest BCUT2D eigenvalue weighted by Crippen LogP contribution is -2.49. The van der Waals surface area contributed by atoms with Gasteiger partial charge in [-0.25, -0.2) is 0 Å². The molecule has 1 aliphatic heterocycles. The fraction of sp³-hybridized carbons (Fsp3) is 0.538. The van der Waals surface area contributed by atoms with Gasteiger partial charge in [-0.05, 0) is 25.0 Å². The van der Waals surface area contributed by atoms with Crippen LogP contribution in [-0.2, 0) is 10.3 Å². The molecular formula is C13H18BrNO2. The Bertz CT molecular complexity index is 400. The molecule has 0 amide bonds. The van der Waals surface area contributed by atoms with Crippen LogP contribution < -0.4 is 5.73 Å². The quantitative estimate of drug-likeness (QED) is 0.898.